The summed E-state index contributed by atoms with van der Waals surface area (Å²) in [5.41, 5.74) is 4.70. The van der Waals surface area contributed by atoms with Crippen LogP contribution >= 0.6 is 12.6 Å². The Morgan fingerprint density at radius 2 is 1.78 bits per heavy atom. The van der Waals surface area contributed by atoms with Gasteiger partial charge in [0, 0.05) is 66.3 Å². The summed E-state index contributed by atoms with van der Waals surface area (Å²) in [4.78, 5) is 27.6. The first kappa shape index (κ1) is 25.3. The molecule has 0 bridgehead atoms. The van der Waals surface area contributed by atoms with Crippen molar-refractivity contribution in [3.63, 3.8) is 0 Å². The zero-order chi connectivity index (χ0) is 26.0. The van der Waals surface area contributed by atoms with Crippen LogP contribution in [0.25, 0.3) is 33.4 Å². The number of hydrogen-bond donors (Lipinski definition) is 2. The largest absolute Gasteiger partial charge is 0.465 e. The summed E-state index contributed by atoms with van der Waals surface area (Å²) in [5, 5.41) is 4.63. The zero-order valence-corrected chi connectivity index (χ0v) is 22.0. The highest BCUT2D eigenvalue weighted by atomic mass is 32.1. The molecule has 2 aromatic rings. The Hall–Kier alpha value is -3.78. The first-order valence-corrected chi connectivity index (χ1v) is 12.2. The first-order chi connectivity index (χ1) is 17.2. The lowest BCUT2D eigenvalue weighted by atomic mass is 9.89. The van der Waals surface area contributed by atoms with E-state index in [1.165, 1.54) is 7.11 Å². The molecule has 0 saturated carbocycles. The molecule has 0 aromatic heterocycles. The Morgan fingerprint density at radius 3 is 2.44 bits per heavy atom. The molecule has 0 atom stereocenters. The number of carbonyl (C=O) groups excluding carboxylic acids is 2. The molecule has 8 heteroatoms. The van der Waals surface area contributed by atoms with E-state index >= 15 is 0 Å². The Bertz CT molecular complexity index is 1500. The van der Waals surface area contributed by atoms with E-state index in [1.807, 2.05) is 74.1 Å². The van der Waals surface area contributed by atoms with E-state index in [-0.39, 0.29) is 5.91 Å². The van der Waals surface area contributed by atoms with Gasteiger partial charge < -0.3 is 19.4 Å². The van der Waals surface area contributed by atoms with Gasteiger partial charge in [-0.2, -0.15) is 12.6 Å². The van der Waals surface area contributed by atoms with Crippen LogP contribution in [-0.2, 0) is 4.74 Å². The predicted octanol–water partition coefficient (Wildman–Crippen LogP) is 3.75. The fourth-order valence-electron chi connectivity index (χ4n) is 4.17. The Morgan fingerprint density at radius 1 is 1.03 bits per heavy atom. The van der Waals surface area contributed by atoms with E-state index < -0.39 is 5.97 Å². The van der Waals surface area contributed by atoms with Gasteiger partial charge in [-0.05, 0) is 35.9 Å². The second-order valence-electron chi connectivity index (χ2n) is 8.86. The van der Waals surface area contributed by atoms with Gasteiger partial charge in [0.15, 0.2) is 0 Å². The number of benzene rings is 3. The number of carbonyl (C=O) groups is 2. The highest BCUT2D eigenvalue weighted by Gasteiger charge is 2.24. The molecule has 0 spiro atoms. The van der Waals surface area contributed by atoms with Crippen LogP contribution in [0.15, 0.2) is 59.0 Å². The zero-order valence-electron chi connectivity index (χ0n) is 21.1. The summed E-state index contributed by atoms with van der Waals surface area (Å²) in [7, 11) is 9.23. The molecule has 1 aliphatic carbocycles. The standard InChI is InChI=1S/C28H29N3O4S/c1-30(2)18-7-10-21-24(15-18)35-25-16-19(31(3)4)8-11-22(25)26(21)20-9-6-17(27(32)29-12-13-36)14-23(20)28(33)34-5/h6-11,14-16H,12-13H2,1-5H3,(H-,29,32,36)/p+1. The lowest BCUT2D eigenvalue weighted by Gasteiger charge is -2.19. The maximum Gasteiger partial charge on any atom is 0.338 e. The van der Waals surface area contributed by atoms with Crippen molar-refractivity contribution in [3.05, 3.63) is 71.1 Å². The van der Waals surface area contributed by atoms with Crippen molar-refractivity contribution in [2.24, 2.45) is 0 Å². The highest BCUT2D eigenvalue weighted by molar-refractivity contribution is 7.80. The van der Waals surface area contributed by atoms with Gasteiger partial charge in [0.25, 0.3) is 5.91 Å². The SMILES string of the molecule is COC(=O)c1cc(C(=O)NCCS)ccc1-c1c2ccc(=[N+](C)C)cc-2oc2cc(N(C)C)ccc12. The summed E-state index contributed by atoms with van der Waals surface area (Å²) >= 11 is 4.14. The number of rotatable bonds is 6. The van der Waals surface area contributed by atoms with Gasteiger partial charge in [0.1, 0.15) is 25.4 Å². The molecule has 2 aromatic carbocycles. The van der Waals surface area contributed by atoms with Crippen molar-refractivity contribution in [2.75, 3.05) is 52.5 Å². The van der Waals surface area contributed by atoms with E-state index in [1.54, 1.807) is 18.2 Å². The molecule has 0 unspecified atom stereocenters. The van der Waals surface area contributed by atoms with Crippen LogP contribution in [-0.4, -0.2) is 59.5 Å². The fourth-order valence-corrected chi connectivity index (χ4v) is 4.28. The number of fused-ring (bicyclic) bond motifs is 2. The van der Waals surface area contributed by atoms with E-state index in [9.17, 15) is 9.59 Å². The lowest BCUT2D eigenvalue weighted by molar-refractivity contribution is 0.0601. The van der Waals surface area contributed by atoms with Gasteiger partial charge in [-0.25, -0.2) is 9.37 Å². The Balaban J connectivity index is 2.07. The average Bonchev–Trinajstić information content (AvgIpc) is 2.88. The van der Waals surface area contributed by atoms with E-state index in [0.717, 1.165) is 27.6 Å². The topological polar surface area (TPSA) is 74.8 Å². The minimum Gasteiger partial charge on any atom is -0.465 e. The molecule has 1 N–H and O–H groups in total. The number of hydrogen-bond acceptors (Lipinski definition) is 6. The van der Waals surface area contributed by atoms with Crippen LogP contribution in [0.1, 0.15) is 20.7 Å². The van der Waals surface area contributed by atoms with Gasteiger partial charge in [0.2, 0.25) is 5.36 Å². The minimum absolute atomic E-state index is 0.273. The molecule has 0 saturated heterocycles. The molecule has 2 aliphatic rings. The summed E-state index contributed by atoms with van der Waals surface area (Å²) < 4.78 is 13.5. The maximum absolute atomic E-state index is 13.0. The van der Waals surface area contributed by atoms with Crippen LogP contribution in [0.3, 0.4) is 0 Å². The number of anilines is 1. The second-order valence-corrected chi connectivity index (χ2v) is 9.31. The fraction of sp³-hybridized carbons (Fsp3) is 0.250. The van der Waals surface area contributed by atoms with Crippen LogP contribution in [0.4, 0.5) is 5.69 Å². The number of esters is 1. The van der Waals surface area contributed by atoms with Crippen molar-refractivity contribution >= 4 is 41.2 Å². The smallest absolute Gasteiger partial charge is 0.338 e. The molecule has 1 aliphatic heterocycles. The maximum atomic E-state index is 13.0. The van der Waals surface area contributed by atoms with E-state index in [2.05, 4.69) is 17.9 Å². The Labute approximate surface area is 215 Å². The van der Waals surface area contributed by atoms with Gasteiger partial charge >= 0.3 is 5.97 Å². The van der Waals surface area contributed by atoms with Crippen molar-refractivity contribution in [2.45, 2.75) is 0 Å². The molecule has 4 rings (SSSR count). The van der Waals surface area contributed by atoms with Crippen LogP contribution in [0.2, 0.25) is 0 Å². The summed E-state index contributed by atoms with van der Waals surface area (Å²) in [6.07, 6.45) is 0. The molecule has 186 valence electrons. The molecule has 0 radical (unpaired) electrons. The van der Waals surface area contributed by atoms with Crippen LogP contribution in [0, 0.1) is 0 Å². The molecule has 36 heavy (non-hydrogen) atoms. The first-order valence-electron chi connectivity index (χ1n) is 11.5. The van der Waals surface area contributed by atoms with Gasteiger partial charge in [0.05, 0.1) is 18.7 Å². The van der Waals surface area contributed by atoms with Crippen LogP contribution in [0.5, 0.6) is 0 Å². The molecule has 7 nitrogen and oxygen atoms in total. The third kappa shape index (κ3) is 4.81. The van der Waals surface area contributed by atoms with Crippen molar-refractivity contribution in [1.29, 1.82) is 0 Å². The van der Waals surface area contributed by atoms with E-state index in [0.29, 0.717) is 40.3 Å². The number of nitrogens with zero attached hydrogens (tertiary/aromatic N) is 2. The molecular weight excluding hydrogens is 474 g/mol. The number of nitrogens with one attached hydrogen (secondary N) is 1. The summed E-state index contributed by atoms with van der Waals surface area (Å²) in [5.74, 6) is 0.407. The number of amides is 1. The third-order valence-electron chi connectivity index (χ3n) is 6.08. The van der Waals surface area contributed by atoms with Crippen LogP contribution < -0.4 is 20.1 Å². The van der Waals surface area contributed by atoms with Gasteiger partial charge in [-0.1, -0.05) is 6.07 Å². The van der Waals surface area contributed by atoms with Crippen molar-refractivity contribution < 1.29 is 18.7 Å². The van der Waals surface area contributed by atoms with E-state index in [4.69, 9.17) is 9.15 Å². The predicted molar refractivity (Wildman–Crippen MR) is 147 cm³/mol. The quantitative estimate of drug-likeness (QED) is 0.181. The van der Waals surface area contributed by atoms with Crippen molar-refractivity contribution in [3.8, 4) is 22.5 Å². The lowest BCUT2D eigenvalue weighted by Crippen LogP contribution is -2.25. The summed E-state index contributed by atoms with van der Waals surface area (Å²) in [6, 6.07) is 17.1. The highest BCUT2D eigenvalue weighted by Crippen LogP contribution is 2.42. The monoisotopic (exact) mass is 504 g/mol. The molecular formula is C28H30N3O4S+. The third-order valence-corrected chi connectivity index (χ3v) is 6.30. The van der Waals surface area contributed by atoms with Crippen molar-refractivity contribution in [1.82, 2.24) is 9.89 Å². The average molecular weight is 505 g/mol. The normalized spacial score (nSPS) is 10.9. The van der Waals surface area contributed by atoms with Gasteiger partial charge in [-0.3, -0.25) is 4.79 Å². The Kier molecular flexibility index (Phi) is 7.35. The minimum atomic E-state index is -0.522. The molecule has 0 fully saturated rings. The number of thiol groups is 1. The molecule has 1 heterocycles. The molecule has 1 amide bonds. The number of ether oxygens (including phenoxy) is 1. The second kappa shape index (κ2) is 10.5. The van der Waals surface area contributed by atoms with Gasteiger partial charge in [-0.15, -0.1) is 0 Å². The number of methoxy groups -OCH3 is 1. The summed E-state index contributed by atoms with van der Waals surface area (Å²) in [6.45, 7) is 0.426.